The third kappa shape index (κ3) is 3.38. The molecule has 2 rings (SSSR count). The molecule has 1 aromatic rings. The van der Waals surface area contributed by atoms with Gasteiger partial charge in [0.1, 0.15) is 4.90 Å². The van der Waals surface area contributed by atoms with Gasteiger partial charge in [-0.1, -0.05) is 23.2 Å². The van der Waals surface area contributed by atoms with Gasteiger partial charge >= 0.3 is 0 Å². The SMILES string of the molecule is O=S(=O)(NC1CCNCC1)c1ccc(Cl)c(F)c1Cl. The molecule has 2 N–H and O–H groups in total. The summed E-state index contributed by atoms with van der Waals surface area (Å²) in [5, 5.41) is 2.45. The lowest BCUT2D eigenvalue weighted by Gasteiger charge is -2.23. The number of rotatable bonds is 3. The van der Waals surface area contributed by atoms with E-state index in [1.165, 1.54) is 12.1 Å². The molecule has 0 aliphatic carbocycles. The molecule has 0 spiro atoms. The van der Waals surface area contributed by atoms with Crippen molar-refractivity contribution in [1.29, 1.82) is 0 Å². The van der Waals surface area contributed by atoms with Crippen molar-refractivity contribution in [1.82, 2.24) is 10.0 Å². The molecule has 8 heteroatoms. The van der Waals surface area contributed by atoms with E-state index >= 15 is 0 Å². The maximum Gasteiger partial charge on any atom is 0.242 e. The summed E-state index contributed by atoms with van der Waals surface area (Å²) in [7, 11) is -3.84. The first-order valence-electron chi connectivity index (χ1n) is 5.78. The largest absolute Gasteiger partial charge is 0.317 e. The molecule has 0 amide bonds. The second-order valence-electron chi connectivity index (χ2n) is 4.32. The number of sulfonamides is 1. The fourth-order valence-corrected chi connectivity index (χ4v) is 3.99. The van der Waals surface area contributed by atoms with E-state index in [4.69, 9.17) is 23.2 Å². The Morgan fingerprint density at radius 2 is 1.89 bits per heavy atom. The minimum absolute atomic E-state index is 0.166. The molecule has 1 aromatic carbocycles. The molecule has 1 heterocycles. The molecule has 106 valence electrons. The Morgan fingerprint density at radius 3 is 2.53 bits per heavy atom. The quantitative estimate of drug-likeness (QED) is 0.837. The van der Waals surface area contributed by atoms with Gasteiger partial charge in [0.25, 0.3) is 0 Å². The van der Waals surface area contributed by atoms with Crippen LogP contribution in [0.5, 0.6) is 0 Å². The van der Waals surface area contributed by atoms with Crippen molar-refractivity contribution in [2.45, 2.75) is 23.8 Å². The lowest BCUT2D eigenvalue weighted by atomic mass is 10.1. The molecule has 0 radical (unpaired) electrons. The number of piperidine rings is 1. The monoisotopic (exact) mass is 326 g/mol. The highest BCUT2D eigenvalue weighted by atomic mass is 35.5. The molecule has 1 fully saturated rings. The summed E-state index contributed by atoms with van der Waals surface area (Å²) >= 11 is 11.3. The third-order valence-corrected chi connectivity index (χ3v) is 5.29. The van der Waals surface area contributed by atoms with Crippen LogP contribution in [-0.2, 0) is 10.0 Å². The molecular weight excluding hydrogens is 314 g/mol. The Balaban J connectivity index is 2.26. The van der Waals surface area contributed by atoms with Crippen LogP contribution in [0.1, 0.15) is 12.8 Å². The molecule has 19 heavy (non-hydrogen) atoms. The Bertz CT molecular complexity index is 574. The number of hydrogen-bond donors (Lipinski definition) is 2. The van der Waals surface area contributed by atoms with Crippen molar-refractivity contribution in [3.05, 3.63) is 28.0 Å². The van der Waals surface area contributed by atoms with Crippen LogP contribution in [-0.4, -0.2) is 27.5 Å². The van der Waals surface area contributed by atoms with Crippen LogP contribution in [0.15, 0.2) is 17.0 Å². The van der Waals surface area contributed by atoms with Gasteiger partial charge in [-0.3, -0.25) is 0 Å². The first-order chi connectivity index (χ1) is 8.92. The van der Waals surface area contributed by atoms with E-state index in [1.807, 2.05) is 0 Å². The second kappa shape index (κ2) is 5.93. The van der Waals surface area contributed by atoms with E-state index in [2.05, 4.69) is 10.0 Å². The van der Waals surface area contributed by atoms with Gasteiger partial charge in [0.2, 0.25) is 10.0 Å². The molecule has 1 aliphatic rings. The summed E-state index contributed by atoms with van der Waals surface area (Å²) in [4.78, 5) is -0.283. The van der Waals surface area contributed by atoms with Crippen LogP contribution in [0, 0.1) is 5.82 Å². The van der Waals surface area contributed by atoms with Gasteiger partial charge in [0.15, 0.2) is 5.82 Å². The lowest BCUT2D eigenvalue weighted by molar-refractivity contribution is 0.427. The summed E-state index contributed by atoms with van der Waals surface area (Å²) in [5.74, 6) is -0.920. The number of benzene rings is 1. The number of hydrogen-bond acceptors (Lipinski definition) is 3. The number of nitrogens with one attached hydrogen (secondary N) is 2. The normalized spacial score (nSPS) is 17.6. The zero-order valence-corrected chi connectivity index (χ0v) is 12.2. The van der Waals surface area contributed by atoms with Crippen molar-refractivity contribution in [2.75, 3.05) is 13.1 Å². The summed E-state index contributed by atoms with van der Waals surface area (Å²) in [6, 6.07) is 2.22. The van der Waals surface area contributed by atoms with E-state index < -0.39 is 20.9 Å². The highest BCUT2D eigenvalue weighted by Gasteiger charge is 2.25. The van der Waals surface area contributed by atoms with Gasteiger partial charge in [0, 0.05) is 6.04 Å². The minimum atomic E-state index is -3.84. The smallest absolute Gasteiger partial charge is 0.242 e. The van der Waals surface area contributed by atoms with E-state index in [9.17, 15) is 12.8 Å². The second-order valence-corrected chi connectivity index (χ2v) is 6.79. The zero-order chi connectivity index (χ0) is 14.0. The van der Waals surface area contributed by atoms with Crippen molar-refractivity contribution in [3.63, 3.8) is 0 Å². The van der Waals surface area contributed by atoms with Crippen LogP contribution < -0.4 is 10.0 Å². The summed E-state index contributed by atoms with van der Waals surface area (Å²) in [6.07, 6.45) is 1.37. The third-order valence-electron chi connectivity index (χ3n) is 2.95. The molecule has 1 aliphatic heterocycles. The number of halogens is 3. The van der Waals surface area contributed by atoms with Crippen molar-refractivity contribution >= 4 is 33.2 Å². The summed E-state index contributed by atoms with van der Waals surface area (Å²) in [5.41, 5.74) is 0. The van der Waals surface area contributed by atoms with Crippen LogP contribution in [0.3, 0.4) is 0 Å². The van der Waals surface area contributed by atoms with Crippen LogP contribution in [0.4, 0.5) is 4.39 Å². The molecule has 0 saturated carbocycles. The predicted octanol–water partition coefficient (Wildman–Crippen LogP) is 2.16. The Kier molecular flexibility index (Phi) is 4.68. The Morgan fingerprint density at radius 1 is 1.26 bits per heavy atom. The van der Waals surface area contributed by atoms with Gasteiger partial charge in [-0.05, 0) is 38.1 Å². The molecule has 0 atom stereocenters. The molecule has 0 unspecified atom stereocenters. The molecule has 0 aromatic heterocycles. The lowest BCUT2D eigenvalue weighted by Crippen LogP contribution is -2.42. The van der Waals surface area contributed by atoms with E-state index in [1.54, 1.807) is 0 Å². The fraction of sp³-hybridized carbons (Fsp3) is 0.455. The summed E-state index contributed by atoms with van der Waals surface area (Å²) in [6.45, 7) is 1.49. The Labute approximate surface area is 121 Å². The van der Waals surface area contributed by atoms with Gasteiger partial charge in [-0.15, -0.1) is 0 Å². The van der Waals surface area contributed by atoms with Gasteiger partial charge < -0.3 is 5.32 Å². The molecule has 1 saturated heterocycles. The predicted molar refractivity (Wildman–Crippen MR) is 72.6 cm³/mol. The molecule has 4 nitrogen and oxygen atoms in total. The fourth-order valence-electron chi connectivity index (χ4n) is 1.94. The Hall–Kier alpha value is -0.400. The van der Waals surface area contributed by atoms with Crippen LogP contribution in [0.2, 0.25) is 10.0 Å². The molecule has 0 bridgehead atoms. The van der Waals surface area contributed by atoms with E-state index in [0.29, 0.717) is 12.8 Å². The van der Waals surface area contributed by atoms with Crippen LogP contribution in [0.25, 0.3) is 0 Å². The average Bonchev–Trinajstić information content (AvgIpc) is 2.36. The van der Waals surface area contributed by atoms with E-state index in [-0.39, 0.29) is 16.0 Å². The first-order valence-corrected chi connectivity index (χ1v) is 8.02. The maximum atomic E-state index is 13.5. The van der Waals surface area contributed by atoms with Gasteiger partial charge in [-0.25, -0.2) is 17.5 Å². The standard InChI is InChI=1S/C11H13Cl2FN2O2S/c12-8-1-2-9(10(13)11(8)14)19(17,18)16-7-3-5-15-6-4-7/h1-2,7,15-16H,3-6H2. The van der Waals surface area contributed by atoms with Gasteiger partial charge in [0.05, 0.1) is 10.0 Å². The average molecular weight is 327 g/mol. The topological polar surface area (TPSA) is 58.2 Å². The van der Waals surface area contributed by atoms with Gasteiger partial charge in [-0.2, -0.15) is 0 Å². The molecular formula is C11H13Cl2FN2O2S. The first kappa shape index (κ1) is 15.0. The maximum absolute atomic E-state index is 13.5. The minimum Gasteiger partial charge on any atom is -0.317 e. The highest BCUT2D eigenvalue weighted by Crippen LogP contribution is 2.29. The van der Waals surface area contributed by atoms with E-state index in [0.717, 1.165) is 13.1 Å². The van der Waals surface area contributed by atoms with Crippen LogP contribution >= 0.6 is 23.2 Å². The van der Waals surface area contributed by atoms with Crippen molar-refractivity contribution < 1.29 is 12.8 Å². The van der Waals surface area contributed by atoms with Crippen molar-refractivity contribution in [3.8, 4) is 0 Å². The highest BCUT2D eigenvalue weighted by molar-refractivity contribution is 7.89. The zero-order valence-electron chi connectivity index (χ0n) is 9.92. The van der Waals surface area contributed by atoms with Crippen molar-refractivity contribution in [2.24, 2.45) is 0 Å². The summed E-state index contributed by atoms with van der Waals surface area (Å²) < 4.78 is 40.4.